The average Bonchev–Trinajstić information content (AvgIpc) is 2.76. The van der Waals surface area contributed by atoms with Crippen LogP contribution in [0, 0.1) is 0 Å². The first-order chi connectivity index (χ1) is 15.2. The van der Waals surface area contributed by atoms with Gasteiger partial charge in [-0.2, -0.15) is 0 Å². The van der Waals surface area contributed by atoms with E-state index in [0.29, 0.717) is 28.0 Å². The molecular weight excluding hydrogens is 451 g/mol. The van der Waals surface area contributed by atoms with Gasteiger partial charge in [-0.15, -0.1) is 0 Å². The molecule has 0 fully saturated rings. The van der Waals surface area contributed by atoms with Crippen LogP contribution in [-0.2, 0) is 22.6 Å². The minimum Gasteiger partial charge on any atom is -0.493 e. The molecule has 0 heterocycles. The van der Waals surface area contributed by atoms with Gasteiger partial charge in [-0.3, -0.25) is 9.59 Å². The van der Waals surface area contributed by atoms with Crippen molar-refractivity contribution in [3.8, 4) is 11.5 Å². The molecule has 2 amide bonds. The van der Waals surface area contributed by atoms with Gasteiger partial charge in [-0.25, -0.2) is 0 Å². The first kappa shape index (κ1) is 25.8. The molecule has 2 aromatic rings. The molecule has 32 heavy (non-hydrogen) atoms. The number of nitrogens with zero attached hydrogens (tertiary/aromatic N) is 1. The predicted molar refractivity (Wildman–Crippen MR) is 128 cm³/mol. The van der Waals surface area contributed by atoms with E-state index in [9.17, 15) is 9.59 Å². The van der Waals surface area contributed by atoms with Gasteiger partial charge in [0.25, 0.3) is 0 Å². The Morgan fingerprint density at radius 1 is 0.938 bits per heavy atom. The van der Waals surface area contributed by atoms with Gasteiger partial charge >= 0.3 is 0 Å². The Morgan fingerprint density at radius 3 is 2.19 bits per heavy atom. The SMILES string of the molecule is COc1ccc(CCC(=O)N(Cc2ccc(Cl)c(Cl)c2)[C@@H](C)C(=O)NC(C)C)cc1OC. The van der Waals surface area contributed by atoms with E-state index in [2.05, 4.69) is 5.32 Å². The van der Waals surface area contributed by atoms with Crippen LogP contribution < -0.4 is 14.8 Å². The molecule has 8 heteroatoms. The first-order valence-electron chi connectivity index (χ1n) is 10.4. The third-order valence-electron chi connectivity index (χ3n) is 5.01. The van der Waals surface area contributed by atoms with E-state index in [-0.39, 0.29) is 30.8 Å². The molecule has 2 rings (SSSR count). The lowest BCUT2D eigenvalue weighted by molar-refractivity contribution is -0.140. The van der Waals surface area contributed by atoms with Crippen molar-refractivity contribution in [2.24, 2.45) is 0 Å². The first-order valence-corrected chi connectivity index (χ1v) is 11.2. The number of carbonyl (C=O) groups excluding carboxylic acids is 2. The van der Waals surface area contributed by atoms with Crippen LogP contribution in [0.25, 0.3) is 0 Å². The maximum atomic E-state index is 13.2. The molecule has 0 aromatic heterocycles. The molecule has 0 radical (unpaired) electrons. The van der Waals surface area contributed by atoms with Crippen molar-refractivity contribution in [3.05, 3.63) is 57.6 Å². The Kier molecular flexibility index (Phi) is 9.66. The van der Waals surface area contributed by atoms with E-state index in [0.717, 1.165) is 11.1 Å². The van der Waals surface area contributed by atoms with Crippen molar-refractivity contribution in [2.75, 3.05) is 14.2 Å². The minimum atomic E-state index is -0.648. The fraction of sp³-hybridized carbons (Fsp3) is 0.417. The summed E-state index contributed by atoms with van der Waals surface area (Å²) in [5, 5.41) is 3.72. The number of nitrogens with one attached hydrogen (secondary N) is 1. The largest absolute Gasteiger partial charge is 0.493 e. The van der Waals surface area contributed by atoms with Gasteiger partial charge in [0, 0.05) is 19.0 Å². The molecule has 0 saturated carbocycles. The highest BCUT2D eigenvalue weighted by molar-refractivity contribution is 6.42. The molecule has 6 nitrogen and oxygen atoms in total. The number of carbonyl (C=O) groups is 2. The van der Waals surface area contributed by atoms with Crippen LogP contribution in [0.1, 0.15) is 38.3 Å². The van der Waals surface area contributed by atoms with Crippen LogP contribution >= 0.6 is 23.2 Å². The van der Waals surface area contributed by atoms with Crippen LogP contribution in [0.2, 0.25) is 10.0 Å². The molecular formula is C24H30Cl2N2O4. The fourth-order valence-electron chi connectivity index (χ4n) is 3.25. The molecule has 174 valence electrons. The van der Waals surface area contributed by atoms with Crippen molar-refractivity contribution in [2.45, 2.75) is 52.2 Å². The second-order valence-corrected chi connectivity index (χ2v) is 8.61. The minimum absolute atomic E-state index is 0.0290. The monoisotopic (exact) mass is 480 g/mol. The zero-order chi connectivity index (χ0) is 23.8. The Labute approximate surface area is 199 Å². The molecule has 0 unspecified atom stereocenters. The summed E-state index contributed by atoms with van der Waals surface area (Å²) in [7, 11) is 3.15. The van der Waals surface area contributed by atoms with E-state index < -0.39 is 6.04 Å². The van der Waals surface area contributed by atoms with Crippen molar-refractivity contribution < 1.29 is 19.1 Å². The summed E-state index contributed by atoms with van der Waals surface area (Å²) >= 11 is 12.2. The van der Waals surface area contributed by atoms with E-state index in [4.69, 9.17) is 32.7 Å². The third-order valence-corrected chi connectivity index (χ3v) is 5.75. The lowest BCUT2D eigenvalue weighted by Crippen LogP contribution is -2.49. The lowest BCUT2D eigenvalue weighted by Gasteiger charge is -2.29. The van der Waals surface area contributed by atoms with Crippen molar-refractivity contribution in [1.82, 2.24) is 10.2 Å². The predicted octanol–water partition coefficient (Wildman–Crippen LogP) is 4.89. The molecule has 1 atom stereocenters. The molecule has 2 aromatic carbocycles. The topological polar surface area (TPSA) is 67.9 Å². The Bertz CT molecular complexity index is 950. The van der Waals surface area contributed by atoms with Crippen molar-refractivity contribution >= 4 is 35.0 Å². The second-order valence-electron chi connectivity index (χ2n) is 7.80. The van der Waals surface area contributed by atoms with Crippen LogP contribution in [0.5, 0.6) is 11.5 Å². The Morgan fingerprint density at radius 2 is 1.59 bits per heavy atom. The number of hydrogen-bond donors (Lipinski definition) is 1. The smallest absolute Gasteiger partial charge is 0.242 e. The molecule has 1 N–H and O–H groups in total. The van der Waals surface area contributed by atoms with Gasteiger partial charge in [0.1, 0.15) is 6.04 Å². The van der Waals surface area contributed by atoms with E-state index in [1.165, 1.54) is 0 Å². The lowest BCUT2D eigenvalue weighted by atomic mass is 10.1. The summed E-state index contributed by atoms with van der Waals surface area (Å²) in [5.41, 5.74) is 1.73. The zero-order valence-electron chi connectivity index (χ0n) is 19.1. The van der Waals surface area contributed by atoms with Gasteiger partial charge < -0.3 is 19.7 Å². The number of benzene rings is 2. The average molecular weight is 481 g/mol. The van der Waals surface area contributed by atoms with Crippen molar-refractivity contribution in [3.63, 3.8) is 0 Å². The summed E-state index contributed by atoms with van der Waals surface area (Å²) in [6, 6.07) is 10.1. The highest BCUT2D eigenvalue weighted by Gasteiger charge is 2.26. The highest BCUT2D eigenvalue weighted by Crippen LogP contribution is 2.28. The molecule has 0 aliphatic carbocycles. The summed E-state index contributed by atoms with van der Waals surface area (Å²) in [6.45, 7) is 5.73. The molecule has 0 spiro atoms. The van der Waals surface area contributed by atoms with E-state index in [1.807, 2.05) is 32.0 Å². The van der Waals surface area contributed by atoms with Crippen LogP contribution in [-0.4, -0.2) is 43.0 Å². The van der Waals surface area contributed by atoms with Crippen LogP contribution in [0.3, 0.4) is 0 Å². The van der Waals surface area contributed by atoms with E-state index >= 15 is 0 Å². The summed E-state index contributed by atoms with van der Waals surface area (Å²) < 4.78 is 10.6. The number of ether oxygens (including phenoxy) is 2. The highest BCUT2D eigenvalue weighted by atomic mass is 35.5. The van der Waals surface area contributed by atoms with E-state index in [1.54, 1.807) is 44.2 Å². The maximum absolute atomic E-state index is 13.2. The normalized spacial score (nSPS) is 11.8. The number of hydrogen-bond acceptors (Lipinski definition) is 4. The summed E-state index contributed by atoms with van der Waals surface area (Å²) in [6.07, 6.45) is 0.728. The molecule has 0 aliphatic rings. The van der Waals surface area contributed by atoms with Crippen molar-refractivity contribution in [1.29, 1.82) is 0 Å². The third kappa shape index (κ3) is 7.04. The van der Waals surface area contributed by atoms with Gasteiger partial charge in [-0.05, 0) is 62.6 Å². The van der Waals surface area contributed by atoms with Crippen LogP contribution in [0.4, 0.5) is 0 Å². The molecule has 0 aliphatic heterocycles. The number of amides is 2. The second kappa shape index (κ2) is 12.0. The van der Waals surface area contributed by atoms with Gasteiger partial charge in [0.2, 0.25) is 11.8 Å². The summed E-state index contributed by atoms with van der Waals surface area (Å²) in [4.78, 5) is 27.4. The zero-order valence-corrected chi connectivity index (χ0v) is 20.6. The quantitative estimate of drug-likeness (QED) is 0.525. The maximum Gasteiger partial charge on any atom is 0.242 e. The van der Waals surface area contributed by atoms with Gasteiger partial charge in [0.15, 0.2) is 11.5 Å². The molecule has 0 saturated heterocycles. The number of aryl methyl sites for hydroxylation is 1. The standard InChI is InChI=1S/C24H30Cl2N2O4/c1-15(2)27-24(30)16(3)28(14-18-6-9-19(25)20(26)12-18)23(29)11-8-17-7-10-21(31-4)22(13-17)32-5/h6-7,9-10,12-13,15-16H,8,11,14H2,1-5H3,(H,27,30)/t16-/m0/s1. The van der Waals surface area contributed by atoms with Crippen LogP contribution in [0.15, 0.2) is 36.4 Å². The number of halogens is 2. The number of methoxy groups -OCH3 is 2. The number of rotatable bonds is 10. The Hall–Kier alpha value is -2.44. The Balaban J connectivity index is 2.20. The fourth-order valence-corrected chi connectivity index (χ4v) is 3.57. The summed E-state index contributed by atoms with van der Waals surface area (Å²) in [5.74, 6) is 0.884. The van der Waals surface area contributed by atoms with Gasteiger partial charge in [0.05, 0.1) is 24.3 Å². The van der Waals surface area contributed by atoms with Gasteiger partial charge in [-0.1, -0.05) is 35.3 Å². The molecule has 0 bridgehead atoms.